The van der Waals surface area contributed by atoms with Gasteiger partial charge in [0, 0.05) is 13.0 Å². The molecular weight excluding hydrogens is 683 g/mol. The van der Waals surface area contributed by atoms with Gasteiger partial charge in [0.2, 0.25) is 5.91 Å². The van der Waals surface area contributed by atoms with E-state index in [4.69, 9.17) is 14.8 Å². The number of carbonyl (C=O) groups is 1. The summed E-state index contributed by atoms with van der Waals surface area (Å²) >= 11 is 0. The molecule has 3 atom stereocenters. The SMILES string of the molecule is CCCCCCC/C=C\C/C=C\C/C=C\CCCCCCCCC(=O)NC(COP(=O)(O)OCCN)C(O)CCCCCCCCCCCCCCC. The van der Waals surface area contributed by atoms with Gasteiger partial charge in [-0.15, -0.1) is 0 Å². The molecule has 0 aromatic heterocycles. The number of hydrogen-bond donors (Lipinski definition) is 4. The first-order chi connectivity index (χ1) is 25.9. The number of phosphoric acid groups is 1. The van der Waals surface area contributed by atoms with Crippen molar-refractivity contribution in [2.45, 2.75) is 219 Å². The number of amides is 1. The van der Waals surface area contributed by atoms with Crippen LogP contribution in [0.1, 0.15) is 206 Å². The molecule has 0 aliphatic rings. The van der Waals surface area contributed by atoms with E-state index in [2.05, 4.69) is 55.6 Å². The Kier molecular flexibility index (Phi) is 39.4. The first-order valence-corrected chi connectivity index (χ1v) is 23.6. The second-order valence-electron chi connectivity index (χ2n) is 14.9. The third kappa shape index (κ3) is 38.8. The fourth-order valence-electron chi connectivity index (χ4n) is 6.38. The third-order valence-corrected chi connectivity index (χ3v) is 10.7. The van der Waals surface area contributed by atoms with Gasteiger partial charge < -0.3 is 21.1 Å². The van der Waals surface area contributed by atoms with E-state index < -0.39 is 20.0 Å². The summed E-state index contributed by atoms with van der Waals surface area (Å²) in [5, 5.41) is 13.8. The molecule has 312 valence electrons. The van der Waals surface area contributed by atoms with Gasteiger partial charge in [-0.3, -0.25) is 13.8 Å². The van der Waals surface area contributed by atoms with Gasteiger partial charge in [0.25, 0.3) is 0 Å². The summed E-state index contributed by atoms with van der Waals surface area (Å²) in [5.41, 5.74) is 5.38. The van der Waals surface area contributed by atoms with Crippen LogP contribution in [-0.2, 0) is 18.4 Å². The van der Waals surface area contributed by atoms with Crippen LogP contribution < -0.4 is 11.1 Å². The number of nitrogens with two attached hydrogens (primary N) is 1. The summed E-state index contributed by atoms with van der Waals surface area (Å²) in [7, 11) is -4.32. The number of hydrogen-bond acceptors (Lipinski definition) is 6. The Morgan fingerprint density at radius 1 is 0.623 bits per heavy atom. The molecule has 8 nitrogen and oxygen atoms in total. The van der Waals surface area contributed by atoms with Crippen LogP contribution in [0.4, 0.5) is 0 Å². The molecule has 0 aromatic rings. The molecule has 53 heavy (non-hydrogen) atoms. The van der Waals surface area contributed by atoms with Gasteiger partial charge in [0.15, 0.2) is 0 Å². The van der Waals surface area contributed by atoms with Crippen molar-refractivity contribution in [1.29, 1.82) is 0 Å². The van der Waals surface area contributed by atoms with Crippen molar-refractivity contribution in [3.8, 4) is 0 Å². The third-order valence-electron chi connectivity index (χ3n) is 9.75. The van der Waals surface area contributed by atoms with Crippen LogP contribution in [0.2, 0.25) is 0 Å². The van der Waals surface area contributed by atoms with Gasteiger partial charge in [0.1, 0.15) is 0 Å². The molecule has 5 N–H and O–H groups in total. The monoisotopic (exact) mass is 769 g/mol. The molecule has 0 rings (SSSR count). The van der Waals surface area contributed by atoms with Gasteiger partial charge in [-0.1, -0.05) is 185 Å². The number of aliphatic hydroxyl groups is 1. The van der Waals surface area contributed by atoms with Crippen LogP contribution in [0, 0.1) is 0 Å². The largest absolute Gasteiger partial charge is 0.472 e. The van der Waals surface area contributed by atoms with Crippen LogP contribution in [0.25, 0.3) is 0 Å². The highest BCUT2D eigenvalue weighted by Crippen LogP contribution is 2.43. The predicted molar refractivity (Wildman–Crippen MR) is 226 cm³/mol. The number of unbranched alkanes of at least 4 members (excludes halogenated alkanes) is 23. The Bertz CT molecular complexity index is 928. The lowest BCUT2D eigenvalue weighted by Crippen LogP contribution is -2.46. The van der Waals surface area contributed by atoms with Crippen molar-refractivity contribution in [2.24, 2.45) is 5.73 Å². The van der Waals surface area contributed by atoms with Gasteiger partial charge in [-0.2, -0.15) is 0 Å². The Balaban J connectivity index is 4.16. The molecule has 0 saturated carbocycles. The Morgan fingerprint density at radius 3 is 1.51 bits per heavy atom. The summed E-state index contributed by atoms with van der Waals surface area (Å²) in [4.78, 5) is 22.7. The minimum Gasteiger partial charge on any atom is -0.391 e. The molecule has 1 amide bonds. The first kappa shape index (κ1) is 51.7. The van der Waals surface area contributed by atoms with E-state index in [9.17, 15) is 19.4 Å². The fraction of sp³-hybridized carbons (Fsp3) is 0.841. The highest BCUT2D eigenvalue weighted by Gasteiger charge is 2.27. The number of rotatable bonds is 41. The van der Waals surface area contributed by atoms with E-state index in [0.29, 0.717) is 12.8 Å². The minimum absolute atomic E-state index is 0.0858. The molecule has 0 bridgehead atoms. The number of carbonyl (C=O) groups excluding carboxylic acids is 1. The van der Waals surface area contributed by atoms with E-state index in [1.54, 1.807) is 0 Å². The van der Waals surface area contributed by atoms with Crippen molar-refractivity contribution < 1.29 is 28.4 Å². The number of aliphatic hydroxyl groups excluding tert-OH is 1. The van der Waals surface area contributed by atoms with Crippen LogP contribution in [-0.4, -0.2) is 47.8 Å². The number of phosphoric ester groups is 1. The molecule has 0 saturated heterocycles. The minimum atomic E-state index is -4.32. The zero-order valence-electron chi connectivity index (χ0n) is 34.5. The van der Waals surface area contributed by atoms with Gasteiger partial charge in [-0.05, 0) is 51.4 Å². The lowest BCUT2D eigenvalue weighted by Gasteiger charge is -2.25. The number of allylic oxidation sites excluding steroid dienone is 6. The number of nitrogens with one attached hydrogen (secondary N) is 1. The van der Waals surface area contributed by atoms with Gasteiger partial charge >= 0.3 is 7.82 Å². The van der Waals surface area contributed by atoms with Crippen LogP contribution in [0.5, 0.6) is 0 Å². The summed E-state index contributed by atoms with van der Waals surface area (Å²) in [6.45, 7) is 4.18. The fourth-order valence-corrected chi connectivity index (χ4v) is 7.14. The van der Waals surface area contributed by atoms with E-state index >= 15 is 0 Å². The molecular formula is C44H85N2O6P. The molecule has 0 fully saturated rings. The average Bonchev–Trinajstić information content (AvgIpc) is 3.14. The highest BCUT2D eigenvalue weighted by atomic mass is 31.2. The quantitative estimate of drug-likeness (QED) is 0.0277. The maximum Gasteiger partial charge on any atom is 0.472 e. The summed E-state index contributed by atoms with van der Waals surface area (Å²) < 4.78 is 22.2. The molecule has 0 aromatic carbocycles. The molecule has 3 unspecified atom stereocenters. The molecule has 9 heteroatoms. The lowest BCUT2D eigenvalue weighted by atomic mass is 10.0. The van der Waals surface area contributed by atoms with Crippen molar-refractivity contribution in [2.75, 3.05) is 19.8 Å². The maximum absolute atomic E-state index is 12.8. The molecule has 0 aliphatic heterocycles. The second kappa shape index (κ2) is 40.4. The summed E-state index contributed by atoms with van der Waals surface area (Å²) in [6, 6.07) is -0.780. The normalized spacial score (nSPS) is 14.4. The van der Waals surface area contributed by atoms with Crippen molar-refractivity contribution >= 4 is 13.7 Å². The first-order valence-electron chi connectivity index (χ1n) is 22.1. The van der Waals surface area contributed by atoms with Crippen LogP contribution in [0.15, 0.2) is 36.5 Å². The Labute approximate surface area is 327 Å². The standard InChI is InChI=1S/C44H85N2O6P/c1-3-5-7-9-11-13-15-17-18-19-20-21-22-23-24-26-28-30-32-34-36-38-44(48)46-42(41-52-53(49,50)51-40-39-45)43(47)37-35-33-31-29-27-25-16-14-12-10-8-6-4-2/h15,17,19-20,22-23,42-43,47H,3-14,16,18,21,24-41,45H2,1-2H3,(H,46,48)(H,49,50)/b17-15-,20-19-,23-22-. The smallest absolute Gasteiger partial charge is 0.391 e. The van der Waals surface area contributed by atoms with Crippen molar-refractivity contribution in [3.63, 3.8) is 0 Å². The van der Waals surface area contributed by atoms with Gasteiger partial charge in [0.05, 0.1) is 25.4 Å². The topological polar surface area (TPSA) is 131 Å². The zero-order valence-corrected chi connectivity index (χ0v) is 35.4. The summed E-state index contributed by atoms with van der Waals surface area (Å²) in [6.07, 6.45) is 47.2. The van der Waals surface area contributed by atoms with Gasteiger partial charge in [-0.25, -0.2) is 4.57 Å². The second-order valence-corrected chi connectivity index (χ2v) is 16.4. The zero-order chi connectivity index (χ0) is 38.9. The molecule has 0 aliphatic carbocycles. The van der Waals surface area contributed by atoms with E-state index in [1.807, 2.05) is 0 Å². The van der Waals surface area contributed by atoms with Crippen molar-refractivity contribution in [3.05, 3.63) is 36.5 Å². The lowest BCUT2D eigenvalue weighted by molar-refractivity contribution is -0.123. The van der Waals surface area contributed by atoms with E-state index in [1.165, 1.54) is 116 Å². The van der Waals surface area contributed by atoms with E-state index in [-0.39, 0.29) is 25.7 Å². The van der Waals surface area contributed by atoms with Crippen LogP contribution in [0.3, 0.4) is 0 Å². The molecule has 0 spiro atoms. The molecule has 0 heterocycles. The predicted octanol–water partition coefficient (Wildman–Crippen LogP) is 12.3. The van der Waals surface area contributed by atoms with Crippen LogP contribution >= 0.6 is 7.82 Å². The van der Waals surface area contributed by atoms with Crippen molar-refractivity contribution in [1.82, 2.24) is 5.32 Å². The summed E-state index contributed by atoms with van der Waals surface area (Å²) in [5.74, 6) is -0.174. The Morgan fingerprint density at radius 2 is 1.04 bits per heavy atom. The average molecular weight is 769 g/mol. The van der Waals surface area contributed by atoms with E-state index in [0.717, 1.165) is 64.2 Å². The maximum atomic E-state index is 12.8. The highest BCUT2D eigenvalue weighted by molar-refractivity contribution is 7.47. The molecule has 0 radical (unpaired) electrons. The Hall–Kier alpha value is -1.28.